The van der Waals surface area contributed by atoms with Crippen LogP contribution in [0.1, 0.15) is 108 Å². The maximum absolute atomic E-state index is 11.0. The molecule has 0 heterocycles. The van der Waals surface area contributed by atoms with Crippen LogP contribution in [0.3, 0.4) is 0 Å². The van der Waals surface area contributed by atoms with Crippen molar-refractivity contribution >= 4 is 0 Å². The summed E-state index contributed by atoms with van der Waals surface area (Å²) in [7, 11) is 0. The second-order valence-electron chi connectivity index (χ2n) is 14.5. The van der Waals surface area contributed by atoms with Crippen LogP contribution >= 0.6 is 0 Å². The van der Waals surface area contributed by atoms with Crippen LogP contribution in [0.25, 0.3) is 0 Å². The maximum Gasteiger partial charge on any atom is 0.136 e. The van der Waals surface area contributed by atoms with Crippen molar-refractivity contribution in [3.63, 3.8) is 0 Å². The van der Waals surface area contributed by atoms with E-state index in [4.69, 9.17) is 4.74 Å². The largest absolute Gasteiger partial charge is 0.485 e. The highest BCUT2D eigenvalue weighted by atomic mass is 16.5. The highest BCUT2D eigenvalue weighted by Gasteiger charge is 2.43. The Kier molecular flexibility index (Phi) is 12.3. The number of rotatable bonds is 15. The van der Waals surface area contributed by atoms with Crippen LogP contribution in [0.5, 0.6) is 5.75 Å². The Morgan fingerprint density at radius 3 is 1.17 bits per heavy atom. The van der Waals surface area contributed by atoms with Crippen LogP contribution in [0.4, 0.5) is 0 Å². The summed E-state index contributed by atoms with van der Waals surface area (Å²) in [6.07, 6.45) is -0.885. The van der Waals surface area contributed by atoms with Crippen molar-refractivity contribution < 1.29 is 20.1 Å². The SMILES string of the molecule is CC(c1ccccc1)c1ccc(OC(c2ccc(C(C)c3ccccc3)cc2C(C)c2ccccc2)C(CO)(CO)CO)c(C(C)c2ccccc2)c1. The lowest BCUT2D eigenvalue weighted by atomic mass is 9.75. The highest BCUT2D eigenvalue weighted by molar-refractivity contribution is 5.49. The molecular formula is C49H52O4. The fourth-order valence-electron chi connectivity index (χ4n) is 7.51. The summed E-state index contributed by atoms with van der Waals surface area (Å²) in [5, 5.41) is 33.1. The van der Waals surface area contributed by atoms with Crippen molar-refractivity contribution in [2.75, 3.05) is 19.8 Å². The minimum Gasteiger partial charge on any atom is -0.485 e. The Morgan fingerprint density at radius 2 is 0.755 bits per heavy atom. The third-order valence-electron chi connectivity index (χ3n) is 11.3. The van der Waals surface area contributed by atoms with Crippen molar-refractivity contribution in [2.24, 2.45) is 5.41 Å². The third kappa shape index (κ3) is 8.16. The van der Waals surface area contributed by atoms with E-state index in [0.29, 0.717) is 5.75 Å². The van der Waals surface area contributed by atoms with Crippen LogP contribution < -0.4 is 4.74 Å². The molecule has 4 nitrogen and oxygen atoms in total. The minimum atomic E-state index is -1.39. The molecule has 4 heteroatoms. The Bertz CT molecular complexity index is 2020. The molecule has 3 N–H and O–H groups in total. The number of ether oxygens (including phenoxy) is 1. The molecule has 0 aliphatic carbocycles. The maximum atomic E-state index is 11.0. The van der Waals surface area contributed by atoms with Gasteiger partial charge in [-0.3, -0.25) is 0 Å². The summed E-state index contributed by atoms with van der Waals surface area (Å²) in [4.78, 5) is 0. The van der Waals surface area contributed by atoms with E-state index in [2.05, 4.69) is 143 Å². The second kappa shape index (κ2) is 17.2. The molecule has 0 saturated heterocycles. The molecule has 6 aromatic carbocycles. The zero-order valence-corrected chi connectivity index (χ0v) is 31.3. The van der Waals surface area contributed by atoms with Gasteiger partial charge in [0, 0.05) is 29.2 Å². The quantitative estimate of drug-likeness (QED) is 0.0995. The summed E-state index contributed by atoms with van der Waals surface area (Å²) >= 11 is 0. The van der Waals surface area contributed by atoms with Crippen LogP contribution in [-0.4, -0.2) is 35.1 Å². The summed E-state index contributed by atoms with van der Waals surface area (Å²) < 4.78 is 7.18. The normalized spacial score (nSPS) is 14.5. The monoisotopic (exact) mass is 704 g/mol. The fraction of sp³-hybridized carbons (Fsp3) is 0.265. The lowest BCUT2D eigenvalue weighted by molar-refractivity contribution is -0.0748. The van der Waals surface area contributed by atoms with Crippen LogP contribution in [-0.2, 0) is 0 Å². The van der Waals surface area contributed by atoms with Gasteiger partial charge in [0.15, 0.2) is 0 Å². The predicted octanol–water partition coefficient (Wildman–Crippen LogP) is 10.4. The molecule has 6 rings (SSSR count). The zero-order chi connectivity index (χ0) is 37.4. The Hall–Kier alpha value is -5.00. The highest BCUT2D eigenvalue weighted by Crippen LogP contribution is 2.45. The van der Waals surface area contributed by atoms with Gasteiger partial charge in [-0.05, 0) is 50.6 Å². The number of aliphatic hydroxyl groups is 3. The van der Waals surface area contributed by atoms with Crippen molar-refractivity contribution in [3.8, 4) is 5.75 Å². The average molecular weight is 705 g/mol. The molecule has 272 valence electrons. The van der Waals surface area contributed by atoms with E-state index in [-0.39, 0.29) is 23.7 Å². The zero-order valence-electron chi connectivity index (χ0n) is 31.3. The molecule has 0 spiro atoms. The Morgan fingerprint density at radius 1 is 0.396 bits per heavy atom. The fourth-order valence-corrected chi connectivity index (χ4v) is 7.51. The van der Waals surface area contributed by atoms with E-state index in [1.807, 2.05) is 42.5 Å². The van der Waals surface area contributed by atoms with Gasteiger partial charge >= 0.3 is 0 Å². The minimum absolute atomic E-state index is 0.0293. The van der Waals surface area contributed by atoms with Gasteiger partial charge < -0.3 is 20.1 Å². The first-order valence-corrected chi connectivity index (χ1v) is 18.8. The van der Waals surface area contributed by atoms with Gasteiger partial charge in [0.2, 0.25) is 0 Å². The smallest absolute Gasteiger partial charge is 0.136 e. The van der Waals surface area contributed by atoms with Gasteiger partial charge in [-0.1, -0.05) is 179 Å². The molecule has 0 amide bonds. The summed E-state index contributed by atoms with van der Waals surface area (Å²) in [6, 6.07) is 54.5. The van der Waals surface area contributed by atoms with Crippen molar-refractivity contribution in [2.45, 2.75) is 57.5 Å². The van der Waals surface area contributed by atoms with Gasteiger partial charge in [0.25, 0.3) is 0 Å². The van der Waals surface area contributed by atoms with E-state index < -0.39 is 31.3 Å². The lowest BCUT2D eigenvalue weighted by Gasteiger charge is -2.39. The van der Waals surface area contributed by atoms with E-state index in [1.54, 1.807) is 0 Å². The molecule has 0 aromatic heterocycles. The van der Waals surface area contributed by atoms with Gasteiger partial charge in [0.05, 0.1) is 25.2 Å². The molecule has 6 aromatic rings. The molecule has 5 unspecified atom stereocenters. The van der Waals surface area contributed by atoms with Gasteiger partial charge in [-0.15, -0.1) is 0 Å². The Balaban J connectivity index is 1.53. The molecule has 0 saturated carbocycles. The van der Waals surface area contributed by atoms with Crippen molar-refractivity contribution in [1.29, 1.82) is 0 Å². The number of hydrogen-bond acceptors (Lipinski definition) is 4. The summed E-state index contributed by atoms with van der Waals surface area (Å²) in [6.45, 7) is 7.38. The molecular weight excluding hydrogens is 653 g/mol. The summed E-state index contributed by atoms with van der Waals surface area (Å²) in [5.41, 5.74) is 8.48. The number of aliphatic hydroxyl groups excluding tert-OH is 3. The first-order chi connectivity index (χ1) is 25.8. The molecule has 0 aliphatic rings. The molecule has 0 radical (unpaired) electrons. The van der Waals surface area contributed by atoms with Crippen molar-refractivity contribution in [1.82, 2.24) is 0 Å². The first kappa shape index (κ1) is 37.7. The topological polar surface area (TPSA) is 69.9 Å². The van der Waals surface area contributed by atoms with Crippen molar-refractivity contribution in [3.05, 3.63) is 208 Å². The Labute approximate surface area is 315 Å². The average Bonchev–Trinajstić information content (AvgIpc) is 3.24. The molecule has 5 atom stereocenters. The van der Waals surface area contributed by atoms with Crippen LogP contribution in [0, 0.1) is 5.41 Å². The molecule has 0 fully saturated rings. The van der Waals surface area contributed by atoms with Gasteiger partial charge in [-0.25, -0.2) is 0 Å². The molecule has 53 heavy (non-hydrogen) atoms. The molecule has 0 bridgehead atoms. The van der Waals surface area contributed by atoms with E-state index in [1.165, 1.54) is 11.1 Å². The predicted molar refractivity (Wildman–Crippen MR) is 216 cm³/mol. The third-order valence-corrected chi connectivity index (χ3v) is 11.3. The first-order valence-electron chi connectivity index (χ1n) is 18.8. The van der Waals surface area contributed by atoms with Gasteiger partial charge in [0.1, 0.15) is 11.9 Å². The standard InChI is InChI=1S/C49H52O4/c1-34(38-17-9-5-10-18-38)42-25-27-44(45(29-42)36(3)40-21-13-7-14-22-40)48(49(31-50,32-51)33-52)53-47-28-26-43(35(2)39-19-11-6-12-20-39)30-46(47)37(4)41-23-15-8-16-24-41/h5-30,34-37,48,50-52H,31-33H2,1-4H3. The van der Waals surface area contributed by atoms with E-state index >= 15 is 0 Å². The van der Waals surface area contributed by atoms with Crippen LogP contribution in [0.2, 0.25) is 0 Å². The van der Waals surface area contributed by atoms with E-state index in [9.17, 15) is 15.3 Å². The second-order valence-corrected chi connectivity index (χ2v) is 14.5. The summed E-state index contributed by atoms with van der Waals surface area (Å²) in [5.74, 6) is 0.841. The lowest BCUT2D eigenvalue weighted by Crippen LogP contribution is -2.43. The molecule has 0 aliphatic heterocycles. The number of hydrogen-bond donors (Lipinski definition) is 3. The van der Waals surface area contributed by atoms with Gasteiger partial charge in [-0.2, -0.15) is 0 Å². The van der Waals surface area contributed by atoms with Crippen LogP contribution in [0.15, 0.2) is 158 Å². The van der Waals surface area contributed by atoms with E-state index in [0.717, 1.165) is 38.9 Å². The number of benzene rings is 6.